The van der Waals surface area contributed by atoms with Gasteiger partial charge in [0.2, 0.25) is 5.91 Å². The van der Waals surface area contributed by atoms with Crippen LogP contribution >= 0.6 is 0 Å². The number of anilines is 2. The Kier molecular flexibility index (Phi) is 4.70. The Morgan fingerprint density at radius 3 is 2.70 bits per heavy atom. The van der Waals surface area contributed by atoms with Gasteiger partial charge in [-0.1, -0.05) is 0 Å². The highest BCUT2D eigenvalue weighted by molar-refractivity contribution is 5.84. The molecule has 1 unspecified atom stereocenters. The number of aromatic nitrogens is 2. The van der Waals surface area contributed by atoms with Gasteiger partial charge in [0.25, 0.3) is 0 Å². The van der Waals surface area contributed by atoms with Gasteiger partial charge in [-0.05, 0) is 13.8 Å². The minimum absolute atomic E-state index is 0.0341. The number of morpholine rings is 1. The van der Waals surface area contributed by atoms with Gasteiger partial charge in [0.05, 0.1) is 13.2 Å². The van der Waals surface area contributed by atoms with Crippen molar-refractivity contribution in [3.63, 3.8) is 0 Å². The van der Waals surface area contributed by atoms with E-state index >= 15 is 0 Å². The van der Waals surface area contributed by atoms with Crippen LogP contribution in [0.3, 0.4) is 0 Å². The second-order valence-electron chi connectivity index (χ2n) is 4.63. The van der Waals surface area contributed by atoms with Crippen molar-refractivity contribution >= 4 is 17.5 Å². The third-order valence-electron chi connectivity index (χ3n) is 3.04. The molecule has 8 nitrogen and oxygen atoms in total. The zero-order valence-corrected chi connectivity index (χ0v) is 11.7. The summed E-state index contributed by atoms with van der Waals surface area (Å²) in [7, 11) is 0. The number of ether oxygens (including phenoxy) is 1. The molecule has 2 rings (SSSR count). The lowest BCUT2D eigenvalue weighted by atomic mass is 10.2. The van der Waals surface area contributed by atoms with E-state index in [-0.39, 0.29) is 11.9 Å². The number of rotatable bonds is 4. The van der Waals surface area contributed by atoms with Crippen LogP contribution < -0.4 is 16.6 Å². The van der Waals surface area contributed by atoms with Crippen LogP contribution in [-0.4, -0.2) is 53.1 Å². The molecule has 1 aliphatic heterocycles. The van der Waals surface area contributed by atoms with Crippen molar-refractivity contribution in [1.29, 1.82) is 0 Å². The van der Waals surface area contributed by atoms with E-state index in [1.807, 2.05) is 6.92 Å². The van der Waals surface area contributed by atoms with Crippen LogP contribution in [0.15, 0.2) is 6.07 Å². The number of nitrogen functional groups attached to an aromatic ring is 1. The molecule has 0 aliphatic carbocycles. The molecular formula is C12H20N6O2. The molecule has 1 saturated heterocycles. The zero-order chi connectivity index (χ0) is 14.5. The SMILES string of the molecule is Cc1nc(NN)cc(NC(C)C(=O)N2CCOCC2)n1. The standard InChI is InChI=1S/C12H20N6O2/c1-8(12(19)18-3-5-20-6-4-18)14-10-7-11(17-13)16-9(2)15-10/h7-8H,3-6,13H2,1-2H3,(H2,14,15,16,17). The molecule has 0 aromatic carbocycles. The van der Waals surface area contributed by atoms with Crippen LogP contribution in [0.4, 0.5) is 11.6 Å². The maximum Gasteiger partial charge on any atom is 0.244 e. The molecule has 1 amide bonds. The summed E-state index contributed by atoms with van der Waals surface area (Å²) in [6.45, 7) is 6.01. The Bertz CT molecular complexity index is 475. The lowest BCUT2D eigenvalue weighted by Crippen LogP contribution is -2.47. The van der Waals surface area contributed by atoms with E-state index in [1.165, 1.54) is 0 Å². The van der Waals surface area contributed by atoms with E-state index < -0.39 is 0 Å². The third kappa shape index (κ3) is 3.55. The molecule has 4 N–H and O–H groups in total. The summed E-state index contributed by atoms with van der Waals surface area (Å²) in [6, 6.07) is 1.30. The lowest BCUT2D eigenvalue weighted by molar-refractivity contribution is -0.135. The molecular weight excluding hydrogens is 260 g/mol. The average molecular weight is 280 g/mol. The van der Waals surface area contributed by atoms with Crippen molar-refractivity contribution in [3.8, 4) is 0 Å². The van der Waals surface area contributed by atoms with Crippen LogP contribution in [0.1, 0.15) is 12.7 Å². The highest BCUT2D eigenvalue weighted by Crippen LogP contribution is 2.12. The first-order valence-corrected chi connectivity index (χ1v) is 6.55. The molecule has 20 heavy (non-hydrogen) atoms. The fraction of sp³-hybridized carbons (Fsp3) is 0.583. The maximum absolute atomic E-state index is 12.3. The van der Waals surface area contributed by atoms with Crippen LogP contribution in [0, 0.1) is 6.92 Å². The minimum Gasteiger partial charge on any atom is -0.378 e. The van der Waals surface area contributed by atoms with Crippen molar-refractivity contribution in [1.82, 2.24) is 14.9 Å². The molecule has 110 valence electrons. The number of nitrogens with two attached hydrogens (primary N) is 1. The fourth-order valence-corrected chi connectivity index (χ4v) is 2.06. The maximum atomic E-state index is 12.3. The Hall–Kier alpha value is -1.93. The number of hydrogen-bond donors (Lipinski definition) is 3. The highest BCUT2D eigenvalue weighted by atomic mass is 16.5. The van der Waals surface area contributed by atoms with E-state index in [0.717, 1.165) is 0 Å². The minimum atomic E-state index is -0.368. The number of carbonyl (C=O) groups is 1. The van der Waals surface area contributed by atoms with Crippen molar-refractivity contribution in [2.45, 2.75) is 19.9 Å². The van der Waals surface area contributed by atoms with Gasteiger partial charge in [-0.25, -0.2) is 15.8 Å². The van der Waals surface area contributed by atoms with Gasteiger partial charge in [-0.15, -0.1) is 0 Å². The van der Waals surface area contributed by atoms with E-state index in [2.05, 4.69) is 20.7 Å². The summed E-state index contributed by atoms with van der Waals surface area (Å²) < 4.78 is 5.24. The number of nitrogens with zero attached hydrogens (tertiary/aromatic N) is 3. The molecule has 1 atom stereocenters. The molecule has 2 heterocycles. The van der Waals surface area contributed by atoms with E-state index in [4.69, 9.17) is 10.6 Å². The fourth-order valence-electron chi connectivity index (χ4n) is 2.06. The first kappa shape index (κ1) is 14.5. The Labute approximate surface area is 117 Å². The summed E-state index contributed by atoms with van der Waals surface area (Å²) in [6.07, 6.45) is 0. The number of hydrazine groups is 1. The monoisotopic (exact) mass is 280 g/mol. The van der Waals surface area contributed by atoms with Gasteiger partial charge in [-0.2, -0.15) is 0 Å². The number of hydrogen-bond acceptors (Lipinski definition) is 7. The number of amides is 1. The smallest absolute Gasteiger partial charge is 0.244 e. The summed E-state index contributed by atoms with van der Waals surface area (Å²) in [5, 5.41) is 3.08. The largest absolute Gasteiger partial charge is 0.378 e. The molecule has 0 bridgehead atoms. The third-order valence-corrected chi connectivity index (χ3v) is 3.04. The van der Waals surface area contributed by atoms with Gasteiger partial charge in [0.15, 0.2) is 0 Å². The molecule has 1 fully saturated rings. The van der Waals surface area contributed by atoms with Crippen LogP contribution in [-0.2, 0) is 9.53 Å². The second kappa shape index (κ2) is 6.49. The van der Waals surface area contributed by atoms with Gasteiger partial charge >= 0.3 is 0 Å². The topological polar surface area (TPSA) is 105 Å². The normalized spacial score (nSPS) is 16.6. The predicted octanol–water partition coefficient (Wildman–Crippen LogP) is -0.270. The summed E-state index contributed by atoms with van der Waals surface area (Å²) in [5.41, 5.74) is 2.47. The molecule has 8 heteroatoms. The molecule has 0 radical (unpaired) electrons. The van der Waals surface area contributed by atoms with Crippen LogP contribution in [0.25, 0.3) is 0 Å². The molecule has 0 spiro atoms. The van der Waals surface area contributed by atoms with Gasteiger partial charge in [0.1, 0.15) is 23.5 Å². The Morgan fingerprint density at radius 2 is 2.05 bits per heavy atom. The molecule has 1 aromatic heterocycles. The highest BCUT2D eigenvalue weighted by Gasteiger charge is 2.22. The van der Waals surface area contributed by atoms with Crippen LogP contribution in [0.2, 0.25) is 0 Å². The van der Waals surface area contributed by atoms with E-state index in [9.17, 15) is 4.79 Å². The number of carbonyl (C=O) groups excluding carboxylic acids is 1. The van der Waals surface area contributed by atoms with E-state index in [0.29, 0.717) is 43.8 Å². The quantitative estimate of drug-likeness (QED) is 0.515. The summed E-state index contributed by atoms with van der Waals surface area (Å²) in [4.78, 5) is 22.4. The summed E-state index contributed by atoms with van der Waals surface area (Å²) in [5.74, 6) is 7.02. The number of nitrogens with one attached hydrogen (secondary N) is 2. The van der Waals surface area contributed by atoms with Gasteiger partial charge < -0.3 is 20.4 Å². The molecule has 1 aromatic rings. The average Bonchev–Trinajstić information content (AvgIpc) is 2.46. The van der Waals surface area contributed by atoms with Gasteiger partial charge in [0, 0.05) is 19.2 Å². The Balaban J connectivity index is 2.01. The summed E-state index contributed by atoms with van der Waals surface area (Å²) >= 11 is 0. The molecule has 1 aliphatic rings. The van der Waals surface area contributed by atoms with E-state index in [1.54, 1.807) is 17.9 Å². The van der Waals surface area contributed by atoms with Crippen molar-refractivity contribution in [2.75, 3.05) is 37.0 Å². The second-order valence-corrected chi connectivity index (χ2v) is 4.63. The van der Waals surface area contributed by atoms with Crippen molar-refractivity contribution < 1.29 is 9.53 Å². The Morgan fingerprint density at radius 1 is 1.40 bits per heavy atom. The van der Waals surface area contributed by atoms with Crippen molar-refractivity contribution in [2.24, 2.45) is 5.84 Å². The number of aryl methyl sites for hydroxylation is 1. The van der Waals surface area contributed by atoms with Crippen molar-refractivity contribution in [3.05, 3.63) is 11.9 Å². The van der Waals surface area contributed by atoms with Gasteiger partial charge in [-0.3, -0.25) is 4.79 Å². The first-order valence-electron chi connectivity index (χ1n) is 6.55. The molecule has 0 saturated carbocycles. The predicted molar refractivity (Wildman–Crippen MR) is 75.1 cm³/mol. The van der Waals surface area contributed by atoms with Crippen LogP contribution in [0.5, 0.6) is 0 Å². The lowest BCUT2D eigenvalue weighted by Gasteiger charge is -2.29. The first-order chi connectivity index (χ1) is 9.60. The zero-order valence-electron chi connectivity index (χ0n) is 11.7.